The molecule has 2 N–H and O–H groups in total. The highest BCUT2D eigenvalue weighted by molar-refractivity contribution is 7.90. The summed E-state index contributed by atoms with van der Waals surface area (Å²) >= 11 is 12.3. The van der Waals surface area contributed by atoms with Gasteiger partial charge in [0.15, 0.2) is 11.6 Å². The molecule has 2 aromatic carbocycles. The zero-order valence-electron chi connectivity index (χ0n) is 19.5. The van der Waals surface area contributed by atoms with Crippen LogP contribution in [0.5, 0.6) is 5.75 Å². The standard InChI is InChI=1S/C24H22Cl2F2N4O4S/c1-36-22-8-7-17(10-20(22)27)37(34,35)31-24(33)29-12-21(28)18-4-2-3-14-11-30-32(23(14)18)13-15-5-6-16(25)9-19(15)26/h5-11H,2-4,12-13H2,1H3,(H2,29,31,33). The molecule has 0 bridgehead atoms. The quantitative estimate of drug-likeness (QED) is 0.412. The number of urea groups is 1. The predicted molar refractivity (Wildman–Crippen MR) is 135 cm³/mol. The first kappa shape index (κ1) is 26.9. The molecular formula is C24H22Cl2F2N4O4S. The molecule has 1 aromatic heterocycles. The largest absolute Gasteiger partial charge is 0.494 e. The average molecular weight is 571 g/mol. The number of ether oxygens (including phenoxy) is 1. The van der Waals surface area contributed by atoms with Crippen LogP contribution in [0.25, 0.3) is 5.57 Å². The fourth-order valence-corrected chi connectivity index (χ4v) is 5.43. The van der Waals surface area contributed by atoms with Gasteiger partial charge in [0.05, 0.1) is 37.0 Å². The molecule has 3 aromatic rings. The number of hydrogen-bond donors (Lipinski definition) is 2. The lowest BCUT2D eigenvalue weighted by atomic mass is 9.92. The van der Waals surface area contributed by atoms with Crippen molar-refractivity contribution in [2.75, 3.05) is 13.7 Å². The Kier molecular flexibility index (Phi) is 8.05. The average Bonchev–Trinajstić information content (AvgIpc) is 3.27. The first-order valence-electron chi connectivity index (χ1n) is 11.1. The fourth-order valence-electron chi connectivity index (χ4n) is 4.02. The van der Waals surface area contributed by atoms with Gasteiger partial charge in [-0.25, -0.2) is 26.7 Å². The molecule has 4 rings (SSSR count). The Morgan fingerprint density at radius 1 is 1.19 bits per heavy atom. The number of rotatable bonds is 7. The van der Waals surface area contributed by atoms with Crippen LogP contribution in [-0.4, -0.2) is 37.9 Å². The molecule has 0 spiro atoms. The molecule has 0 fully saturated rings. The highest BCUT2D eigenvalue weighted by atomic mass is 35.5. The molecular weight excluding hydrogens is 549 g/mol. The number of carbonyl (C=O) groups excluding carboxylic acids is 1. The van der Waals surface area contributed by atoms with E-state index < -0.39 is 39.1 Å². The maximum Gasteiger partial charge on any atom is 0.329 e. The van der Waals surface area contributed by atoms with E-state index in [1.807, 2.05) is 0 Å². The Bertz CT molecular complexity index is 1490. The summed E-state index contributed by atoms with van der Waals surface area (Å²) in [5.74, 6) is -1.69. The molecule has 0 aliphatic heterocycles. The lowest BCUT2D eigenvalue weighted by Crippen LogP contribution is -2.40. The summed E-state index contributed by atoms with van der Waals surface area (Å²) in [6.45, 7) is -0.271. The van der Waals surface area contributed by atoms with Gasteiger partial charge in [-0.2, -0.15) is 5.10 Å². The van der Waals surface area contributed by atoms with Crippen LogP contribution in [0.3, 0.4) is 0 Å². The highest BCUT2D eigenvalue weighted by Crippen LogP contribution is 2.34. The van der Waals surface area contributed by atoms with Gasteiger partial charge in [-0.1, -0.05) is 29.3 Å². The number of amides is 2. The van der Waals surface area contributed by atoms with Gasteiger partial charge in [-0.05, 0) is 60.7 Å². The van der Waals surface area contributed by atoms with Crippen LogP contribution in [0, 0.1) is 5.82 Å². The van der Waals surface area contributed by atoms with E-state index >= 15 is 4.39 Å². The molecule has 37 heavy (non-hydrogen) atoms. The van der Waals surface area contributed by atoms with Crippen molar-refractivity contribution in [1.29, 1.82) is 0 Å². The maximum atomic E-state index is 15.3. The molecule has 13 heteroatoms. The summed E-state index contributed by atoms with van der Waals surface area (Å²) in [4.78, 5) is 11.8. The number of aromatic nitrogens is 2. The number of carbonyl (C=O) groups is 1. The number of hydrogen-bond acceptors (Lipinski definition) is 5. The lowest BCUT2D eigenvalue weighted by Gasteiger charge is -2.19. The second-order valence-corrected chi connectivity index (χ2v) is 10.8. The van der Waals surface area contributed by atoms with Crippen LogP contribution < -0.4 is 14.8 Å². The zero-order valence-corrected chi connectivity index (χ0v) is 21.9. The van der Waals surface area contributed by atoms with E-state index in [0.717, 1.165) is 23.3 Å². The molecule has 0 atom stereocenters. The third-order valence-corrected chi connectivity index (χ3v) is 7.72. The number of methoxy groups -OCH3 is 1. The minimum absolute atomic E-state index is 0.151. The van der Waals surface area contributed by atoms with E-state index in [4.69, 9.17) is 27.9 Å². The SMILES string of the molecule is COc1ccc(S(=O)(=O)NC(=O)NCC(F)=C2CCCc3cnn(Cc4ccc(Cl)cc4Cl)c32)cc1F. The molecule has 8 nitrogen and oxygen atoms in total. The predicted octanol–water partition coefficient (Wildman–Crippen LogP) is 5.09. The normalized spacial score (nSPS) is 14.6. The van der Waals surface area contributed by atoms with Crippen LogP contribution in [0.1, 0.15) is 29.7 Å². The fraction of sp³-hybridized carbons (Fsp3) is 0.250. The van der Waals surface area contributed by atoms with E-state index in [9.17, 15) is 17.6 Å². The number of nitrogens with one attached hydrogen (secondary N) is 2. The highest BCUT2D eigenvalue weighted by Gasteiger charge is 2.25. The van der Waals surface area contributed by atoms with Crippen molar-refractivity contribution in [3.8, 4) is 5.75 Å². The van der Waals surface area contributed by atoms with Gasteiger partial charge in [0.25, 0.3) is 10.0 Å². The lowest BCUT2D eigenvalue weighted by molar-refractivity contribution is 0.246. The second kappa shape index (κ2) is 11.1. The molecule has 1 heterocycles. The Morgan fingerprint density at radius 3 is 2.68 bits per heavy atom. The van der Waals surface area contributed by atoms with Gasteiger partial charge in [0.2, 0.25) is 0 Å². The smallest absolute Gasteiger partial charge is 0.329 e. The van der Waals surface area contributed by atoms with Crippen molar-refractivity contribution in [1.82, 2.24) is 19.8 Å². The first-order valence-corrected chi connectivity index (χ1v) is 13.3. The summed E-state index contributed by atoms with van der Waals surface area (Å²) in [5, 5.41) is 7.54. The second-order valence-electron chi connectivity index (χ2n) is 8.23. The Hall–Kier alpha value is -3.15. The molecule has 0 saturated heterocycles. The van der Waals surface area contributed by atoms with Crippen molar-refractivity contribution in [3.05, 3.63) is 81.1 Å². The number of benzene rings is 2. The van der Waals surface area contributed by atoms with Crippen LogP contribution in [-0.2, 0) is 23.0 Å². The summed E-state index contributed by atoms with van der Waals surface area (Å²) in [7, 11) is -3.17. The van der Waals surface area contributed by atoms with E-state index in [0.29, 0.717) is 46.6 Å². The van der Waals surface area contributed by atoms with Crippen LogP contribution in [0.15, 0.2) is 53.3 Å². The van der Waals surface area contributed by atoms with Gasteiger partial charge in [0.1, 0.15) is 5.83 Å². The minimum Gasteiger partial charge on any atom is -0.494 e. The van der Waals surface area contributed by atoms with Crippen molar-refractivity contribution in [2.45, 2.75) is 30.7 Å². The molecule has 0 unspecified atom stereocenters. The topological polar surface area (TPSA) is 102 Å². The van der Waals surface area contributed by atoms with Crippen LogP contribution in [0.4, 0.5) is 13.6 Å². The molecule has 0 saturated carbocycles. The van der Waals surface area contributed by atoms with Crippen molar-refractivity contribution in [2.24, 2.45) is 0 Å². The van der Waals surface area contributed by atoms with Crippen LogP contribution >= 0.6 is 23.2 Å². The van der Waals surface area contributed by atoms with Crippen LogP contribution in [0.2, 0.25) is 10.0 Å². The summed E-state index contributed by atoms with van der Waals surface area (Å²) in [6, 6.07) is 6.83. The molecule has 1 aliphatic rings. The van der Waals surface area contributed by atoms with Crippen molar-refractivity contribution < 1.29 is 26.7 Å². The Balaban J connectivity index is 1.49. The number of allylic oxidation sites excluding steroid dienone is 1. The van der Waals surface area contributed by atoms with E-state index in [1.165, 1.54) is 7.11 Å². The van der Waals surface area contributed by atoms with Gasteiger partial charge < -0.3 is 10.1 Å². The minimum atomic E-state index is -4.40. The zero-order chi connectivity index (χ0) is 26.7. The Labute approximate surface area is 222 Å². The van der Waals surface area contributed by atoms with E-state index in [-0.39, 0.29) is 12.3 Å². The molecule has 196 valence electrons. The summed E-state index contributed by atoms with van der Waals surface area (Å²) in [5.41, 5.74) is 2.57. The third-order valence-electron chi connectivity index (χ3n) is 5.80. The monoisotopic (exact) mass is 570 g/mol. The van der Waals surface area contributed by atoms with E-state index in [1.54, 1.807) is 33.8 Å². The molecule has 0 radical (unpaired) electrons. The maximum absolute atomic E-state index is 15.3. The number of sulfonamides is 1. The number of nitrogens with zero attached hydrogens (tertiary/aromatic N) is 2. The van der Waals surface area contributed by atoms with E-state index in [2.05, 4.69) is 10.4 Å². The molecule has 1 aliphatic carbocycles. The third kappa shape index (κ3) is 6.06. The number of aryl methyl sites for hydroxylation is 1. The van der Waals surface area contributed by atoms with Crippen molar-refractivity contribution in [3.63, 3.8) is 0 Å². The summed E-state index contributed by atoms with van der Waals surface area (Å²) in [6.07, 6.45) is 3.48. The molecule has 2 amide bonds. The first-order chi connectivity index (χ1) is 17.6. The van der Waals surface area contributed by atoms with Gasteiger partial charge in [-0.15, -0.1) is 0 Å². The Morgan fingerprint density at radius 2 is 1.97 bits per heavy atom. The summed E-state index contributed by atoms with van der Waals surface area (Å²) < 4.78 is 62.2. The number of halogens is 4. The van der Waals surface area contributed by atoms with Gasteiger partial charge in [0, 0.05) is 15.6 Å². The number of fused-ring (bicyclic) bond motifs is 1. The van der Waals surface area contributed by atoms with Gasteiger partial charge in [-0.3, -0.25) is 4.68 Å². The van der Waals surface area contributed by atoms with Gasteiger partial charge >= 0.3 is 6.03 Å². The van der Waals surface area contributed by atoms with Crippen molar-refractivity contribution >= 4 is 44.8 Å².